The summed E-state index contributed by atoms with van der Waals surface area (Å²) in [7, 11) is 0. The second-order valence-corrected chi connectivity index (χ2v) is 5.36. The molecule has 0 bridgehead atoms. The van der Waals surface area contributed by atoms with E-state index in [0.29, 0.717) is 6.04 Å². The second kappa shape index (κ2) is 8.44. The Hall–Kier alpha value is 0.130. The first-order valence-electron chi connectivity index (χ1n) is 4.80. The standard InChI is InChI=1S/C9H18N2S3/c1-4-8(12)11-7(3)6-10-9(13)14-5-2/h7H,4-6H2,1-3H3,(H,10,13)(H,11,12). The lowest BCUT2D eigenvalue weighted by molar-refractivity contribution is 0.644. The summed E-state index contributed by atoms with van der Waals surface area (Å²) in [6.07, 6.45) is 0.897. The van der Waals surface area contributed by atoms with Crippen LogP contribution in [-0.4, -0.2) is 27.6 Å². The summed E-state index contributed by atoms with van der Waals surface area (Å²) in [4.78, 5) is 0.911. The number of thiocarbonyl (C=S) groups is 2. The van der Waals surface area contributed by atoms with Gasteiger partial charge >= 0.3 is 0 Å². The van der Waals surface area contributed by atoms with Crippen LogP contribution in [0.5, 0.6) is 0 Å². The highest BCUT2D eigenvalue weighted by molar-refractivity contribution is 8.22. The van der Waals surface area contributed by atoms with Gasteiger partial charge in [-0.25, -0.2) is 0 Å². The first-order chi connectivity index (χ1) is 6.60. The minimum absolute atomic E-state index is 0.331. The van der Waals surface area contributed by atoms with Gasteiger partial charge in [-0.2, -0.15) is 0 Å². The first kappa shape index (κ1) is 14.1. The van der Waals surface area contributed by atoms with Crippen molar-refractivity contribution in [3.63, 3.8) is 0 Å². The maximum Gasteiger partial charge on any atom is 0.133 e. The van der Waals surface area contributed by atoms with Gasteiger partial charge in [-0.05, 0) is 19.1 Å². The summed E-state index contributed by atoms with van der Waals surface area (Å²) in [5.74, 6) is 1.01. The smallest absolute Gasteiger partial charge is 0.133 e. The Balaban J connectivity index is 3.57. The highest BCUT2D eigenvalue weighted by Gasteiger charge is 2.03. The molecular weight excluding hydrogens is 232 g/mol. The molecule has 0 aliphatic heterocycles. The number of thioether (sulfide) groups is 1. The summed E-state index contributed by atoms with van der Waals surface area (Å²) in [5, 5.41) is 6.41. The van der Waals surface area contributed by atoms with E-state index in [1.807, 2.05) is 6.92 Å². The molecule has 0 aromatic heterocycles. The van der Waals surface area contributed by atoms with Crippen LogP contribution in [-0.2, 0) is 0 Å². The topological polar surface area (TPSA) is 24.1 Å². The molecule has 2 N–H and O–H groups in total. The molecule has 0 radical (unpaired) electrons. The van der Waals surface area contributed by atoms with Crippen LogP contribution in [0.15, 0.2) is 0 Å². The van der Waals surface area contributed by atoms with E-state index >= 15 is 0 Å². The molecule has 0 aromatic carbocycles. The summed E-state index contributed by atoms with van der Waals surface area (Å²) in [6, 6.07) is 0.331. The zero-order valence-electron chi connectivity index (χ0n) is 8.92. The molecule has 0 aliphatic carbocycles. The average molecular weight is 250 g/mol. The van der Waals surface area contributed by atoms with Crippen molar-refractivity contribution < 1.29 is 0 Å². The Labute approximate surface area is 102 Å². The van der Waals surface area contributed by atoms with Crippen LogP contribution in [0.4, 0.5) is 0 Å². The van der Waals surface area contributed by atoms with Gasteiger partial charge in [-0.15, -0.1) is 0 Å². The largest absolute Gasteiger partial charge is 0.375 e. The summed E-state index contributed by atoms with van der Waals surface area (Å²) in [5.41, 5.74) is 0. The Morgan fingerprint density at radius 2 is 2.00 bits per heavy atom. The van der Waals surface area contributed by atoms with Crippen LogP contribution in [0.25, 0.3) is 0 Å². The molecule has 1 atom stereocenters. The van der Waals surface area contributed by atoms with Crippen molar-refractivity contribution in [3.05, 3.63) is 0 Å². The molecule has 2 nitrogen and oxygen atoms in total. The van der Waals surface area contributed by atoms with Crippen molar-refractivity contribution in [2.45, 2.75) is 33.2 Å². The van der Waals surface area contributed by atoms with Crippen molar-refractivity contribution in [1.29, 1.82) is 0 Å². The van der Waals surface area contributed by atoms with Gasteiger partial charge in [0.2, 0.25) is 0 Å². The summed E-state index contributed by atoms with van der Waals surface area (Å²) in [6.45, 7) is 7.06. The normalized spacial score (nSPS) is 11.9. The Bertz CT molecular complexity index is 194. The molecule has 5 heteroatoms. The Morgan fingerprint density at radius 3 is 2.50 bits per heavy atom. The molecule has 82 valence electrons. The van der Waals surface area contributed by atoms with E-state index in [9.17, 15) is 0 Å². The van der Waals surface area contributed by atoms with Crippen molar-refractivity contribution >= 4 is 45.5 Å². The highest BCUT2D eigenvalue weighted by Crippen LogP contribution is 1.99. The minimum Gasteiger partial charge on any atom is -0.375 e. The lowest BCUT2D eigenvalue weighted by atomic mass is 10.3. The maximum atomic E-state index is 5.10. The third kappa shape index (κ3) is 7.53. The van der Waals surface area contributed by atoms with Gasteiger partial charge in [0, 0.05) is 12.6 Å². The Morgan fingerprint density at radius 1 is 1.36 bits per heavy atom. The zero-order chi connectivity index (χ0) is 11.0. The third-order valence-corrected chi connectivity index (χ3v) is 3.16. The van der Waals surface area contributed by atoms with E-state index in [4.69, 9.17) is 24.4 Å². The second-order valence-electron chi connectivity index (χ2n) is 2.92. The monoisotopic (exact) mass is 250 g/mol. The van der Waals surface area contributed by atoms with Gasteiger partial charge < -0.3 is 10.6 Å². The van der Waals surface area contributed by atoms with Gasteiger partial charge in [-0.1, -0.05) is 50.0 Å². The molecular formula is C9H18N2S3. The van der Waals surface area contributed by atoms with Crippen LogP contribution in [0, 0.1) is 0 Å². The lowest BCUT2D eigenvalue weighted by Crippen LogP contribution is -2.39. The fourth-order valence-corrected chi connectivity index (χ4v) is 1.93. The zero-order valence-corrected chi connectivity index (χ0v) is 11.4. The molecule has 0 fully saturated rings. The minimum atomic E-state index is 0.331. The number of hydrogen-bond donors (Lipinski definition) is 2. The van der Waals surface area contributed by atoms with Gasteiger partial charge in [-0.3, -0.25) is 0 Å². The Kier molecular flexibility index (Phi) is 8.52. The lowest BCUT2D eigenvalue weighted by Gasteiger charge is -2.16. The van der Waals surface area contributed by atoms with Crippen LogP contribution in [0.3, 0.4) is 0 Å². The number of rotatable bonds is 5. The molecule has 14 heavy (non-hydrogen) atoms. The van der Waals surface area contributed by atoms with E-state index in [2.05, 4.69) is 24.5 Å². The molecule has 0 rings (SSSR count). The van der Waals surface area contributed by atoms with E-state index in [1.165, 1.54) is 0 Å². The fourth-order valence-electron chi connectivity index (χ4n) is 0.846. The molecule has 0 saturated carbocycles. The van der Waals surface area contributed by atoms with Crippen LogP contribution in [0.2, 0.25) is 0 Å². The van der Waals surface area contributed by atoms with Crippen LogP contribution >= 0.6 is 36.2 Å². The van der Waals surface area contributed by atoms with Gasteiger partial charge in [0.15, 0.2) is 0 Å². The quantitative estimate of drug-likeness (QED) is 0.730. The number of nitrogens with one attached hydrogen (secondary N) is 2. The molecule has 0 amide bonds. The van der Waals surface area contributed by atoms with E-state index in [-0.39, 0.29) is 0 Å². The van der Waals surface area contributed by atoms with Crippen molar-refractivity contribution in [3.8, 4) is 0 Å². The van der Waals surface area contributed by atoms with Crippen molar-refractivity contribution in [1.82, 2.24) is 10.6 Å². The van der Waals surface area contributed by atoms with Crippen molar-refractivity contribution in [2.24, 2.45) is 0 Å². The molecule has 0 saturated heterocycles. The van der Waals surface area contributed by atoms with Crippen LogP contribution < -0.4 is 10.6 Å². The van der Waals surface area contributed by atoms with Crippen molar-refractivity contribution in [2.75, 3.05) is 12.3 Å². The van der Waals surface area contributed by atoms with Gasteiger partial charge in [0.05, 0.1) is 4.99 Å². The van der Waals surface area contributed by atoms with E-state index in [1.54, 1.807) is 11.8 Å². The fraction of sp³-hybridized carbons (Fsp3) is 0.778. The van der Waals surface area contributed by atoms with Gasteiger partial charge in [0.25, 0.3) is 0 Å². The average Bonchev–Trinajstić information content (AvgIpc) is 2.15. The van der Waals surface area contributed by atoms with Crippen LogP contribution in [0.1, 0.15) is 27.2 Å². The number of hydrogen-bond acceptors (Lipinski definition) is 3. The van der Waals surface area contributed by atoms with Gasteiger partial charge in [0.1, 0.15) is 4.32 Å². The predicted octanol–water partition coefficient (Wildman–Crippen LogP) is 2.33. The highest BCUT2D eigenvalue weighted by atomic mass is 32.2. The summed E-state index contributed by atoms with van der Waals surface area (Å²) < 4.78 is 0.864. The summed E-state index contributed by atoms with van der Waals surface area (Å²) >= 11 is 11.8. The molecule has 0 aliphatic rings. The molecule has 1 unspecified atom stereocenters. The van der Waals surface area contributed by atoms with E-state index < -0.39 is 0 Å². The SMILES string of the molecule is CCSC(=S)NCC(C)NC(=S)CC. The maximum absolute atomic E-state index is 5.10. The molecule has 0 spiro atoms. The molecule has 0 aromatic rings. The predicted molar refractivity (Wildman–Crippen MR) is 74.2 cm³/mol. The first-order valence-corrected chi connectivity index (χ1v) is 6.60. The molecule has 0 heterocycles. The van der Waals surface area contributed by atoms with E-state index in [0.717, 1.165) is 28.0 Å². The third-order valence-electron chi connectivity index (χ3n) is 1.56.